The number of phenolic OH excluding ortho intramolecular Hbond substituents is 6. The first-order valence-electron chi connectivity index (χ1n) is 16.4. The lowest BCUT2D eigenvalue weighted by atomic mass is 9.64. The summed E-state index contributed by atoms with van der Waals surface area (Å²) in [7, 11) is 0. The van der Waals surface area contributed by atoms with Crippen molar-refractivity contribution in [3.8, 4) is 46.0 Å². The number of fused-ring (bicyclic) bond motifs is 4. The molecule has 0 saturated heterocycles. The van der Waals surface area contributed by atoms with E-state index >= 15 is 0 Å². The van der Waals surface area contributed by atoms with Crippen LogP contribution in [-0.2, 0) is 5.60 Å². The minimum atomic E-state index is -2.63. The van der Waals surface area contributed by atoms with E-state index in [0.29, 0.717) is 11.1 Å². The highest BCUT2D eigenvalue weighted by Crippen LogP contribution is 2.61. The maximum absolute atomic E-state index is 14.7. The summed E-state index contributed by atoms with van der Waals surface area (Å²) in [6.07, 6.45) is 3.66. The van der Waals surface area contributed by atoms with E-state index in [-0.39, 0.29) is 52.7 Å². The topological polar surface area (TPSA) is 194 Å². The van der Waals surface area contributed by atoms with Gasteiger partial charge in [-0.3, -0.25) is 9.59 Å². The van der Waals surface area contributed by atoms with Crippen LogP contribution in [0.4, 0.5) is 0 Å². The zero-order chi connectivity index (χ0) is 36.6. The van der Waals surface area contributed by atoms with Crippen LogP contribution < -0.4 is 9.47 Å². The van der Waals surface area contributed by atoms with Gasteiger partial charge in [-0.1, -0.05) is 47.6 Å². The third-order valence-electron chi connectivity index (χ3n) is 10.1. The van der Waals surface area contributed by atoms with Crippen molar-refractivity contribution in [1.29, 1.82) is 0 Å². The predicted molar refractivity (Wildman–Crippen MR) is 184 cm³/mol. The van der Waals surface area contributed by atoms with Gasteiger partial charge in [-0.15, -0.1) is 0 Å². The number of ether oxygens (including phenoxy) is 2. The second-order valence-corrected chi connectivity index (χ2v) is 13.7. The predicted octanol–water partition coefficient (Wildman–Crippen LogP) is 6.54. The summed E-state index contributed by atoms with van der Waals surface area (Å²) in [6, 6.07) is 15.1. The fourth-order valence-electron chi connectivity index (χ4n) is 7.81. The Morgan fingerprint density at radius 2 is 1.55 bits per heavy atom. The number of ketones is 2. The molecule has 2 aliphatic heterocycles. The largest absolute Gasteiger partial charge is 0.508 e. The maximum Gasteiger partial charge on any atom is 0.318 e. The zero-order valence-electron chi connectivity index (χ0n) is 27.9. The van der Waals surface area contributed by atoms with Crippen LogP contribution in [-0.4, -0.2) is 53.1 Å². The first kappa shape index (κ1) is 33.6. The molecule has 0 amide bonds. The highest BCUT2D eigenvalue weighted by atomic mass is 16.7. The second-order valence-electron chi connectivity index (χ2n) is 13.7. The summed E-state index contributed by atoms with van der Waals surface area (Å²) in [6.45, 7) is 5.47. The number of hydrogen-bond donors (Lipinski definition) is 7. The molecule has 51 heavy (non-hydrogen) atoms. The van der Waals surface area contributed by atoms with Crippen LogP contribution in [0.25, 0.3) is 0 Å². The van der Waals surface area contributed by atoms with E-state index in [9.17, 15) is 45.3 Å². The van der Waals surface area contributed by atoms with Crippen molar-refractivity contribution in [2.45, 2.75) is 56.8 Å². The summed E-state index contributed by atoms with van der Waals surface area (Å²) in [5.41, 5.74) is -0.362. The lowest BCUT2D eigenvalue weighted by Gasteiger charge is -2.45. The molecular formula is C40H36O11. The molecule has 0 saturated carbocycles. The van der Waals surface area contributed by atoms with Gasteiger partial charge in [0.15, 0.2) is 5.78 Å². The van der Waals surface area contributed by atoms with Crippen LogP contribution in [0.15, 0.2) is 90.0 Å². The average molecular weight is 693 g/mol. The zero-order valence-corrected chi connectivity index (χ0v) is 27.9. The number of aliphatic hydroxyl groups is 1. The molecule has 2 heterocycles. The van der Waals surface area contributed by atoms with Gasteiger partial charge in [-0.2, -0.15) is 0 Å². The van der Waals surface area contributed by atoms with E-state index in [1.807, 2.05) is 13.8 Å². The molecule has 0 spiro atoms. The number of carbonyl (C=O) groups is 2. The van der Waals surface area contributed by atoms with E-state index in [1.165, 1.54) is 24.3 Å². The van der Waals surface area contributed by atoms with Crippen LogP contribution >= 0.6 is 0 Å². The molecule has 1 aliphatic carbocycles. The minimum absolute atomic E-state index is 0.0573. The minimum Gasteiger partial charge on any atom is -0.508 e. The van der Waals surface area contributed by atoms with Crippen molar-refractivity contribution in [3.63, 3.8) is 0 Å². The molecule has 0 bridgehead atoms. The van der Waals surface area contributed by atoms with Crippen LogP contribution in [0.2, 0.25) is 0 Å². The van der Waals surface area contributed by atoms with Gasteiger partial charge in [-0.05, 0) is 57.0 Å². The molecule has 4 aromatic carbocycles. The Bertz CT molecular complexity index is 2200. The van der Waals surface area contributed by atoms with E-state index in [0.717, 1.165) is 29.3 Å². The number of allylic oxidation sites excluding steroid dienone is 3. The Hall–Kier alpha value is -5.94. The Kier molecular flexibility index (Phi) is 7.79. The SMILES string of the molecule is CC(C)=CCC12Oc3c(c(O)cc(O)c3C3C=C(C)CC(c4ccc(O)cc4O)C3C(=O)c3ccc(O)cc3O)C(=O)C1(O)Oc1ccccc12. The molecule has 11 nitrogen and oxygen atoms in total. The van der Waals surface area contributed by atoms with E-state index in [4.69, 9.17) is 9.47 Å². The smallest absolute Gasteiger partial charge is 0.318 e. The number of para-hydroxylation sites is 1. The van der Waals surface area contributed by atoms with Crippen molar-refractivity contribution in [3.05, 3.63) is 118 Å². The van der Waals surface area contributed by atoms with Crippen molar-refractivity contribution < 1.29 is 54.8 Å². The molecule has 4 aromatic rings. The Labute approximate surface area is 292 Å². The van der Waals surface area contributed by atoms with E-state index < -0.39 is 63.5 Å². The number of aromatic hydroxyl groups is 6. The van der Waals surface area contributed by atoms with Gasteiger partial charge in [0.2, 0.25) is 11.4 Å². The van der Waals surface area contributed by atoms with Gasteiger partial charge >= 0.3 is 5.79 Å². The van der Waals surface area contributed by atoms with Crippen molar-refractivity contribution >= 4 is 11.6 Å². The molecule has 5 unspecified atom stereocenters. The molecule has 7 N–H and O–H groups in total. The monoisotopic (exact) mass is 692 g/mol. The fraction of sp³-hybridized carbons (Fsp3) is 0.250. The first-order chi connectivity index (χ1) is 24.2. The van der Waals surface area contributed by atoms with E-state index in [1.54, 1.807) is 43.3 Å². The lowest BCUT2D eigenvalue weighted by Crippen LogP contribution is -2.62. The van der Waals surface area contributed by atoms with Gasteiger partial charge in [0.25, 0.3) is 0 Å². The quantitative estimate of drug-likeness (QED) is 0.0856. The van der Waals surface area contributed by atoms with Gasteiger partial charge in [-0.25, -0.2) is 0 Å². The Morgan fingerprint density at radius 3 is 2.24 bits per heavy atom. The molecule has 3 aliphatic rings. The van der Waals surface area contributed by atoms with Crippen LogP contribution in [0.3, 0.4) is 0 Å². The van der Waals surface area contributed by atoms with Crippen LogP contribution in [0, 0.1) is 5.92 Å². The number of Topliss-reactive ketones (excluding diaryl/α,β-unsaturated/α-hetero) is 2. The number of benzene rings is 4. The van der Waals surface area contributed by atoms with Crippen molar-refractivity contribution in [2.24, 2.45) is 5.92 Å². The summed E-state index contributed by atoms with van der Waals surface area (Å²) in [5, 5.41) is 77.1. The highest BCUT2D eigenvalue weighted by molar-refractivity contribution is 6.09. The third kappa shape index (κ3) is 5.06. The summed E-state index contributed by atoms with van der Waals surface area (Å²) < 4.78 is 12.7. The number of phenols is 6. The Morgan fingerprint density at radius 1 is 0.863 bits per heavy atom. The standard InChI is InChI=1S/C40H36O11/c1-19(2)12-13-39-27-6-4-5-7-32(27)50-40(39,49)38(48)35-31(46)18-30(45)34(37(35)51-39)26-15-20(3)14-25(23-10-8-21(41)16-28(23)43)33(26)36(47)24-11-9-22(42)17-29(24)44/h4-12,15-18,25-26,33,41-46,49H,13-14H2,1-3H3. The highest BCUT2D eigenvalue weighted by Gasteiger charge is 2.70. The molecule has 0 fully saturated rings. The first-order valence-corrected chi connectivity index (χ1v) is 16.4. The molecular weight excluding hydrogens is 656 g/mol. The van der Waals surface area contributed by atoms with Crippen LogP contribution in [0.1, 0.15) is 82.9 Å². The maximum atomic E-state index is 14.7. The molecule has 0 aromatic heterocycles. The normalized spacial score (nSPS) is 24.7. The molecule has 11 heteroatoms. The summed E-state index contributed by atoms with van der Waals surface area (Å²) >= 11 is 0. The fourth-order valence-corrected chi connectivity index (χ4v) is 7.81. The van der Waals surface area contributed by atoms with Crippen molar-refractivity contribution in [1.82, 2.24) is 0 Å². The molecule has 262 valence electrons. The number of carbonyl (C=O) groups excluding carboxylic acids is 2. The van der Waals surface area contributed by atoms with Crippen LogP contribution in [0.5, 0.6) is 46.0 Å². The third-order valence-corrected chi connectivity index (χ3v) is 10.1. The summed E-state index contributed by atoms with van der Waals surface area (Å²) in [4.78, 5) is 29.3. The summed E-state index contributed by atoms with van der Waals surface area (Å²) in [5.74, 6) is -10.0. The lowest BCUT2D eigenvalue weighted by molar-refractivity contribution is -0.202. The molecule has 5 atom stereocenters. The van der Waals surface area contributed by atoms with Gasteiger partial charge in [0.05, 0.1) is 5.56 Å². The van der Waals surface area contributed by atoms with Gasteiger partial charge in [0.1, 0.15) is 51.6 Å². The van der Waals surface area contributed by atoms with Crippen molar-refractivity contribution in [2.75, 3.05) is 0 Å². The second kappa shape index (κ2) is 11.8. The molecule has 0 radical (unpaired) electrons. The average Bonchev–Trinajstić information content (AvgIpc) is 3.32. The van der Waals surface area contributed by atoms with Gasteiger partial charge < -0.3 is 45.2 Å². The van der Waals surface area contributed by atoms with Gasteiger partial charge in [0, 0.05) is 53.5 Å². The number of hydrogen-bond acceptors (Lipinski definition) is 11. The Balaban J connectivity index is 1.50. The number of rotatable bonds is 6. The van der Waals surface area contributed by atoms with E-state index in [2.05, 4.69) is 0 Å². The molecule has 7 rings (SSSR count).